The van der Waals surface area contributed by atoms with E-state index in [4.69, 9.17) is 9.15 Å². The average Bonchev–Trinajstić information content (AvgIpc) is 3.44. The molecule has 0 spiro atoms. The van der Waals surface area contributed by atoms with Crippen molar-refractivity contribution in [2.24, 2.45) is 0 Å². The van der Waals surface area contributed by atoms with Crippen LogP contribution in [0.25, 0.3) is 11.5 Å². The zero-order valence-corrected chi connectivity index (χ0v) is 16.9. The number of rotatable bonds is 8. The van der Waals surface area contributed by atoms with Crippen LogP contribution >= 0.6 is 11.8 Å². The van der Waals surface area contributed by atoms with Gasteiger partial charge in [-0.25, -0.2) is 0 Å². The number of aromatic nitrogens is 2. The summed E-state index contributed by atoms with van der Waals surface area (Å²) in [4.78, 5) is 14.9. The van der Waals surface area contributed by atoms with Crippen LogP contribution in [-0.4, -0.2) is 39.4 Å². The van der Waals surface area contributed by atoms with Crippen molar-refractivity contribution in [2.45, 2.75) is 56.7 Å². The molecule has 4 rings (SSSR count). The Morgan fingerprint density at radius 2 is 2.07 bits per heavy atom. The van der Waals surface area contributed by atoms with Crippen LogP contribution in [0.4, 0.5) is 0 Å². The van der Waals surface area contributed by atoms with Crippen LogP contribution in [0.15, 0.2) is 45.7 Å². The van der Waals surface area contributed by atoms with Gasteiger partial charge in [0.1, 0.15) is 5.75 Å². The number of nitrogens with zero attached hydrogens (tertiary/aromatic N) is 3. The molecule has 0 N–H and O–H groups in total. The van der Waals surface area contributed by atoms with Crippen molar-refractivity contribution in [1.82, 2.24) is 15.1 Å². The van der Waals surface area contributed by atoms with E-state index in [1.165, 1.54) is 30.3 Å². The molecule has 1 fully saturated rings. The highest BCUT2D eigenvalue weighted by molar-refractivity contribution is 7.99. The highest BCUT2D eigenvalue weighted by Gasteiger charge is 2.35. The molecule has 0 radical (unpaired) electrons. The highest BCUT2D eigenvalue weighted by Crippen LogP contribution is 2.35. The zero-order chi connectivity index (χ0) is 19.3. The van der Waals surface area contributed by atoms with E-state index in [0.717, 1.165) is 37.0 Å². The molecule has 1 aromatic carbocycles. The van der Waals surface area contributed by atoms with Gasteiger partial charge in [0, 0.05) is 17.3 Å². The highest BCUT2D eigenvalue weighted by atomic mass is 32.2. The number of hydrogen-bond donors (Lipinski definition) is 0. The first kappa shape index (κ1) is 19.1. The van der Waals surface area contributed by atoms with Crippen LogP contribution in [0.1, 0.15) is 45.4 Å². The minimum atomic E-state index is 0.140. The lowest BCUT2D eigenvalue weighted by Crippen LogP contribution is -2.34. The van der Waals surface area contributed by atoms with Gasteiger partial charge < -0.3 is 14.1 Å². The van der Waals surface area contributed by atoms with Crippen LogP contribution in [0.5, 0.6) is 5.75 Å². The van der Waals surface area contributed by atoms with Gasteiger partial charge in [-0.05, 0) is 69.7 Å². The zero-order valence-electron chi connectivity index (χ0n) is 16.1. The number of amides is 1. The Balaban J connectivity index is 1.37. The van der Waals surface area contributed by atoms with Gasteiger partial charge in [0.25, 0.3) is 5.22 Å². The Hall–Kier alpha value is -2.28. The van der Waals surface area contributed by atoms with Crippen molar-refractivity contribution in [3.05, 3.63) is 36.0 Å². The molecule has 28 heavy (non-hydrogen) atoms. The molecule has 1 aromatic heterocycles. The predicted octanol–water partition coefficient (Wildman–Crippen LogP) is 4.68. The Kier molecular flexibility index (Phi) is 6.00. The van der Waals surface area contributed by atoms with Crippen molar-refractivity contribution in [3.63, 3.8) is 0 Å². The molecule has 0 aliphatic heterocycles. The largest absolute Gasteiger partial charge is 0.494 e. The maximum Gasteiger partial charge on any atom is 0.277 e. The summed E-state index contributed by atoms with van der Waals surface area (Å²) < 4.78 is 11.2. The van der Waals surface area contributed by atoms with Gasteiger partial charge in [0.05, 0.1) is 12.4 Å². The lowest BCUT2D eigenvalue weighted by molar-refractivity contribution is -0.127. The fourth-order valence-electron chi connectivity index (χ4n) is 3.41. The summed E-state index contributed by atoms with van der Waals surface area (Å²) >= 11 is 1.31. The normalized spacial score (nSPS) is 16.5. The molecule has 0 saturated heterocycles. The van der Waals surface area contributed by atoms with Gasteiger partial charge in [-0.15, -0.1) is 10.2 Å². The molecule has 1 heterocycles. The SMILES string of the molecule is CCOc1ccc(-c2nnc(SCC(=O)N(C3=CCCCC3)C3CC3)o2)cc1. The Bertz CT molecular complexity index is 843. The summed E-state index contributed by atoms with van der Waals surface area (Å²) in [7, 11) is 0. The van der Waals surface area contributed by atoms with Crippen LogP contribution in [0.3, 0.4) is 0 Å². The first-order valence-electron chi connectivity index (χ1n) is 9.95. The van der Waals surface area contributed by atoms with Crippen LogP contribution in [0, 0.1) is 0 Å². The van der Waals surface area contributed by atoms with Gasteiger partial charge >= 0.3 is 0 Å². The summed E-state index contributed by atoms with van der Waals surface area (Å²) in [6.45, 7) is 2.58. The van der Waals surface area contributed by atoms with Crippen LogP contribution in [0.2, 0.25) is 0 Å². The smallest absolute Gasteiger partial charge is 0.277 e. The third-order valence-corrected chi connectivity index (χ3v) is 5.70. The second kappa shape index (κ2) is 8.82. The van der Waals surface area contributed by atoms with E-state index >= 15 is 0 Å². The molecule has 0 unspecified atom stereocenters. The number of hydrogen-bond acceptors (Lipinski definition) is 6. The number of ether oxygens (including phenoxy) is 1. The van der Waals surface area contributed by atoms with Crippen molar-refractivity contribution < 1.29 is 13.9 Å². The maximum atomic E-state index is 12.8. The summed E-state index contributed by atoms with van der Waals surface area (Å²) in [6, 6.07) is 7.93. The molecule has 0 atom stereocenters. The quantitative estimate of drug-likeness (QED) is 0.601. The lowest BCUT2D eigenvalue weighted by Gasteiger charge is -2.27. The summed E-state index contributed by atoms with van der Waals surface area (Å²) in [5.41, 5.74) is 2.04. The molecular weight excluding hydrogens is 374 g/mol. The Labute approximate surface area is 169 Å². The van der Waals surface area contributed by atoms with Gasteiger partial charge in [-0.2, -0.15) is 0 Å². The van der Waals surface area contributed by atoms with Gasteiger partial charge in [-0.3, -0.25) is 4.79 Å². The minimum Gasteiger partial charge on any atom is -0.494 e. The first-order chi connectivity index (χ1) is 13.7. The van der Waals surface area contributed by atoms with Crippen molar-refractivity contribution in [3.8, 4) is 17.2 Å². The summed E-state index contributed by atoms with van der Waals surface area (Å²) in [5, 5.41) is 8.61. The lowest BCUT2D eigenvalue weighted by atomic mass is 10.0. The second-order valence-electron chi connectivity index (χ2n) is 7.06. The molecule has 6 nitrogen and oxygen atoms in total. The minimum absolute atomic E-state index is 0.140. The Morgan fingerprint density at radius 3 is 2.75 bits per heavy atom. The molecule has 148 valence electrons. The van der Waals surface area contributed by atoms with E-state index in [0.29, 0.717) is 29.5 Å². The maximum absolute atomic E-state index is 12.8. The van der Waals surface area contributed by atoms with Gasteiger partial charge in [0.15, 0.2) is 0 Å². The van der Waals surface area contributed by atoms with Crippen molar-refractivity contribution in [1.29, 1.82) is 0 Å². The summed E-state index contributed by atoms with van der Waals surface area (Å²) in [5.74, 6) is 1.72. The number of thioether (sulfide) groups is 1. The monoisotopic (exact) mass is 399 g/mol. The van der Waals surface area contributed by atoms with Gasteiger partial charge in [0.2, 0.25) is 11.8 Å². The van der Waals surface area contributed by atoms with E-state index in [9.17, 15) is 4.79 Å². The molecule has 2 aliphatic rings. The topological polar surface area (TPSA) is 68.5 Å². The molecule has 2 aliphatic carbocycles. The number of carbonyl (C=O) groups is 1. The van der Waals surface area contributed by atoms with E-state index in [-0.39, 0.29) is 5.91 Å². The average molecular weight is 400 g/mol. The molecule has 1 saturated carbocycles. The van der Waals surface area contributed by atoms with E-state index < -0.39 is 0 Å². The van der Waals surface area contributed by atoms with Crippen molar-refractivity contribution >= 4 is 17.7 Å². The van der Waals surface area contributed by atoms with E-state index in [1.807, 2.05) is 36.1 Å². The third kappa shape index (κ3) is 4.58. The van der Waals surface area contributed by atoms with Gasteiger partial charge in [-0.1, -0.05) is 17.8 Å². The van der Waals surface area contributed by atoms with Crippen molar-refractivity contribution in [2.75, 3.05) is 12.4 Å². The number of carbonyl (C=O) groups excluding carboxylic acids is 1. The molecule has 1 amide bonds. The predicted molar refractivity (Wildman–Crippen MR) is 108 cm³/mol. The second-order valence-corrected chi connectivity index (χ2v) is 7.98. The van der Waals surface area contributed by atoms with Crippen LogP contribution < -0.4 is 4.74 Å². The summed E-state index contributed by atoms with van der Waals surface area (Å²) in [6.07, 6.45) is 8.93. The van der Waals surface area contributed by atoms with E-state index in [2.05, 4.69) is 16.3 Å². The standard InChI is InChI=1S/C21H25N3O3S/c1-2-26-18-12-8-15(9-13-18)20-22-23-21(27-20)28-14-19(25)24(17-10-11-17)16-6-4-3-5-7-16/h6,8-9,12-13,17H,2-5,7,10-11,14H2,1H3. The number of benzene rings is 1. The van der Waals surface area contributed by atoms with Crippen LogP contribution in [-0.2, 0) is 4.79 Å². The van der Waals surface area contributed by atoms with E-state index in [1.54, 1.807) is 0 Å². The first-order valence-corrected chi connectivity index (χ1v) is 10.9. The third-order valence-electron chi connectivity index (χ3n) is 4.89. The molecule has 0 bridgehead atoms. The Morgan fingerprint density at radius 1 is 1.25 bits per heavy atom. The molecule has 7 heteroatoms. The molecule has 2 aromatic rings. The molecular formula is C21H25N3O3S. The fraction of sp³-hybridized carbons (Fsp3) is 0.476. The number of allylic oxidation sites excluding steroid dienone is 2. The fourth-order valence-corrected chi connectivity index (χ4v) is 4.03.